The second-order valence-corrected chi connectivity index (χ2v) is 5.78. The van der Waals surface area contributed by atoms with Crippen LogP contribution in [0.25, 0.3) is 11.0 Å². The Morgan fingerprint density at radius 3 is 2.58 bits per heavy atom. The number of rotatable bonds is 1. The van der Waals surface area contributed by atoms with E-state index >= 15 is 0 Å². The summed E-state index contributed by atoms with van der Waals surface area (Å²) in [5, 5.41) is 5.56. The van der Waals surface area contributed by atoms with Gasteiger partial charge in [0, 0.05) is 23.4 Å². The Labute approximate surface area is 119 Å². The first-order valence-electron chi connectivity index (χ1n) is 6.89. The van der Waals surface area contributed by atoms with Crippen molar-refractivity contribution in [3.05, 3.63) is 30.0 Å². The van der Waals surface area contributed by atoms with Crippen molar-refractivity contribution in [3.8, 4) is 0 Å². The van der Waals surface area contributed by atoms with Gasteiger partial charge in [-0.25, -0.2) is 0 Å². The highest BCUT2D eigenvalue weighted by Gasteiger charge is 2.40. The molecule has 2 aromatic rings. The molecule has 2 saturated heterocycles. The predicted molar refractivity (Wildman–Crippen MR) is 77.8 cm³/mol. The molecular formula is C15H19ClN2O. The number of halogens is 1. The van der Waals surface area contributed by atoms with Crippen molar-refractivity contribution in [2.45, 2.75) is 43.7 Å². The lowest BCUT2D eigenvalue weighted by Crippen LogP contribution is -2.39. The monoisotopic (exact) mass is 278 g/mol. The molecule has 102 valence electrons. The average molecular weight is 279 g/mol. The molecule has 0 N–H and O–H groups in total. The molecule has 0 spiro atoms. The first kappa shape index (κ1) is 12.9. The molecule has 4 rings (SSSR count). The van der Waals surface area contributed by atoms with Crippen molar-refractivity contribution in [3.63, 3.8) is 0 Å². The molecule has 3 nitrogen and oxygen atoms in total. The summed E-state index contributed by atoms with van der Waals surface area (Å²) in [5.74, 6) is 0.586. The van der Waals surface area contributed by atoms with Crippen LogP contribution in [0.5, 0.6) is 0 Å². The van der Waals surface area contributed by atoms with E-state index in [2.05, 4.69) is 29.2 Å². The number of nitrogens with zero attached hydrogens (tertiary/aromatic N) is 2. The minimum Gasteiger partial charge on any atom is -0.356 e. The Morgan fingerprint density at radius 2 is 1.84 bits per heavy atom. The van der Waals surface area contributed by atoms with E-state index in [1.165, 1.54) is 36.8 Å². The van der Waals surface area contributed by atoms with Crippen molar-refractivity contribution < 1.29 is 4.52 Å². The summed E-state index contributed by atoms with van der Waals surface area (Å²) in [6.07, 6.45) is 5.19. The van der Waals surface area contributed by atoms with Crippen LogP contribution < -0.4 is 0 Å². The highest BCUT2D eigenvalue weighted by Crippen LogP contribution is 2.43. The van der Waals surface area contributed by atoms with Gasteiger partial charge in [0.15, 0.2) is 5.58 Å². The lowest BCUT2D eigenvalue weighted by molar-refractivity contribution is 0.159. The second-order valence-electron chi connectivity index (χ2n) is 5.78. The van der Waals surface area contributed by atoms with Crippen molar-refractivity contribution in [1.82, 2.24) is 10.1 Å². The lowest BCUT2D eigenvalue weighted by atomic mass is 9.87. The average Bonchev–Trinajstić information content (AvgIpc) is 2.88. The Hall–Kier alpha value is -1.06. The van der Waals surface area contributed by atoms with E-state index in [4.69, 9.17) is 4.52 Å². The van der Waals surface area contributed by atoms with Gasteiger partial charge in [-0.15, -0.1) is 12.4 Å². The largest absolute Gasteiger partial charge is 0.356 e. The van der Waals surface area contributed by atoms with E-state index in [9.17, 15) is 0 Å². The molecule has 0 aliphatic carbocycles. The van der Waals surface area contributed by atoms with E-state index < -0.39 is 0 Å². The molecule has 2 unspecified atom stereocenters. The summed E-state index contributed by atoms with van der Waals surface area (Å²) in [6, 6.07) is 9.74. The van der Waals surface area contributed by atoms with Crippen LogP contribution in [-0.4, -0.2) is 29.2 Å². The zero-order chi connectivity index (χ0) is 12.1. The first-order valence-corrected chi connectivity index (χ1v) is 6.89. The highest BCUT2D eigenvalue weighted by molar-refractivity contribution is 5.85. The number of piperidine rings is 1. The number of hydrogen-bond donors (Lipinski definition) is 0. The molecule has 2 fully saturated rings. The fourth-order valence-electron chi connectivity index (χ4n) is 3.83. The van der Waals surface area contributed by atoms with Gasteiger partial charge in [-0.3, -0.25) is 0 Å². The number of fused-ring (bicyclic) bond motifs is 3. The second kappa shape index (κ2) is 4.80. The molecule has 0 amide bonds. The highest BCUT2D eigenvalue weighted by atomic mass is 35.5. The fraction of sp³-hybridized carbons (Fsp3) is 0.533. The van der Waals surface area contributed by atoms with Gasteiger partial charge >= 0.3 is 0 Å². The third-order valence-corrected chi connectivity index (χ3v) is 4.89. The molecule has 2 atom stereocenters. The topological polar surface area (TPSA) is 29.3 Å². The molecule has 0 radical (unpaired) electrons. The van der Waals surface area contributed by atoms with Gasteiger partial charge in [0.25, 0.3) is 0 Å². The maximum Gasteiger partial charge on any atom is 0.167 e. The van der Waals surface area contributed by atoms with E-state index in [1.54, 1.807) is 0 Å². The third-order valence-electron chi connectivity index (χ3n) is 4.89. The number of benzene rings is 1. The zero-order valence-electron chi connectivity index (χ0n) is 11.1. The molecule has 2 aliphatic heterocycles. The molecular weight excluding hydrogens is 260 g/mol. The van der Waals surface area contributed by atoms with Gasteiger partial charge in [-0.2, -0.15) is 0 Å². The van der Waals surface area contributed by atoms with E-state index in [0.29, 0.717) is 5.92 Å². The molecule has 1 aromatic heterocycles. The summed E-state index contributed by atoms with van der Waals surface area (Å²) < 4.78 is 5.46. The van der Waals surface area contributed by atoms with Gasteiger partial charge < -0.3 is 9.42 Å². The van der Waals surface area contributed by atoms with Crippen LogP contribution in [0.3, 0.4) is 0 Å². The van der Waals surface area contributed by atoms with Gasteiger partial charge in [0.1, 0.15) is 0 Å². The molecule has 0 saturated carbocycles. The van der Waals surface area contributed by atoms with Crippen LogP contribution in [0.15, 0.2) is 28.8 Å². The first-order chi connectivity index (χ1) is 8.83. The predicted octanol–water partition coefficient (Wildman–Crippen LogP) is 3.59. The molecule has 19 heavy (non-hydrogen) atoms. The SMILES string of the molecule is CN1C2CCC1CC(c1noc3ccccc13)C2.Cl. The Kier molecular flexibility index (Phi) is 3.27. The van der Waals surface area contributed by atoms with E-state index in [0.717, 1.165) is 17.7 Å². The van der Waals surface area contributed by atoms with Crippen LogP contribution in [0.1, 0.15) is 37.3 Å². The number of para-hydroxylation sites is 1. The molecule has 3 heterocycles. The Bertz CT molecular complexity index is 568. The van der Waals surface area contributed by atoms with Crippen LogP contribution in [0, 0.1) is 0 Å². The normalized spacial score (nSPS) is 30.5. The van der Waals surface area contributed by atoms with Crippen molar-refractivity contribution in [1.29, 1.82) is 0 Å². The van der Waals surface area contributed by atoms with Crippen LogP contribution in [-0.2, 0) is 0 Å². The van der Waals surface area contributed by atoms with E-state index in [1.807, 2.05) is 12.1 Å². The molecule has 2 bridgehead atoms. The summed E-state index contributed by atoms with van der Waals surface area (Å²) in [7, 11) is 2.28. The molecule has 1 aromatic carbocycles. The third kappa shape index (κ3) is 1.96. The van der Waals surface area contributed by atoms with Gasteiger partial charge in [-0.1, -0.05) is 17.3 Å². The maximum absolute atomic E-state index is 5.46. The number of aromatic nitrogens is 1. The lowest BCUT2D eigenvalue weighted by Gasteiger charge is -2.35. The van der Waals surface area contributed by atoms with Gasteiger partial charge in [0.2, 0.25) is 0 Å². The Morgan fingerprint density at radius 1 is 1.16 bits per heavy atom. The summed E-state index contributed by atoms with van der Waals surface area (Å²) >= 11 is 0. The van der Waals surface area contributed by atoms with Crippen molar-refractivity contribution in [2.24, 2.45) is 0 Å². The minimum absolute atomic E-state index is 0. The fourth-order valence-corrected chi connectivity index (χ4v) is 3.83. The molecule has 4 heteroatoms. The van der Waals surface area contributed by atoms with Crippen LogP contribution >= 0.6 is 12.4 Å². The van der Waals surface area contributed by atoms with Gasteiger partial charge in [0.05, 0.1) is 5.69 Å². The summed E-state index contributed by atoms with van der Waals surface area (Å²) in [6.45, 7) is 0. The van der Waals surface area contributed by atoms with Crippen molar-refractivity contribution >= 4 is 23.4 Å². The Balaban J connectivity index is 0.00000110. The number of hydrogen-bond acceptors (Lipinski definition) is 3. The van der Waals surface area contributed by atoms with Crippen molar-refractivity contribution in [2.75, 3.05) is 7.05 Å². The van der Waals surface area contributed by atoms with Crippen LogP contribution in [0.2, 0.25) is 0 Å². The zero-order valence-corrected chi connectivity index (χ0v) is 11.9. The van der Waals surface area contributed by atoms with Gasteiger partial charge in [-0.05, 0) is 44.9 Å². The quantitative estimate of drug-likeness (QED) is 0.798. The molecule has 2 aliphatic rings. The maximum atomic E-state index is 5.46. The standard InChI is InChI=1S/C15H18N2O.ClH/c1-17-11-6-7-12(17)9-10(8-11)15-13-4-2-3-5-14(13)18-16-15;/h2-5,10-12H,6-9H2,1H3;1H. The van der Waals surface area contributed by atoms with E-state index in [-0.39, 0.29) is 12.4 Å². The van der Waals surface area contributed by atoms with Crippen LogP contribution in [0.4, 0.5) is 0 Å². The summed E-state index contributed by atoms with van der Waals surface area (Å²) in [5.41, 5.74) is 2.12. The smallest absolute Gasteiger partial charge is 0.167 e. The minimum atomic E-state index is 0. The summed E-state index contributed by atoms with van der Waals surface area (Å²) in [4.78, 5) is 2.57.